The normalized spacial score (nSPS) is 16.8. The predicted octanol–water partition coefficient (Wildman–Crippen LogP) is 2.19. The Kier molecular flexibility index (Phi) is 4.54. The number of aromatic hydroxyl groups is 1. The summed E-state index contributed by atoms with van der Waals surface area (Å²) in [6.07, 6.45) is 0.630. The van der Waals surface area contributed by atoms with Gasteiger partial charge in [-0.25, -0.2) is 0 Å². The third-order valence-electron chi connectivity index (χ3n) is 3.34. The van der Waals surface area contributed by atoms with E-state index in [1.165, 1.54) is 0 Å². The molecule has 96 valence electrons. The van der Waals surface area contributed by atoms with Gasteiger partial charge in [0.1, 0.15) is 5.75 Å². The lowest BCUT2D eigenvalue weighted by Crippen LogP contribution is -2.38. The van der Waals surface area contributed by atoms with Gasteiger partial charge in [0.2, 0.25) is 0 Å². The fourth-order valence-corrected chi connectivity index (χ4v) is 2.31. The second kappa shape index (κ2) is 5.52. The van der Waals surface area contributed by atoms with Gasteiger partial charge in [-0.2, -0.15) is 0 Å². The van der Waals surface area contributed by atoms with Crippen molar-refractivity contribution in [3.63, 3.8) is 0 Å². The van der Waals surface area contributed by atoms with Gasteiger partial charge in [-0.15, -0.1) is 0 Å². The summed E-state index contributed by atoms with van der Waals surface area (Å²) in [4.78, 5) is 2.06. The van der Waals surface area contributed by atoms with E-state index in [1.807, 2.05) is 34.0 Å². The van der Waals surface area contributed by atoms with Crippen LogP contribution in [0.4, 0.5) is 0 Å². The van der Waals surface area contributed by atoms with Crippen molar-refractivity contribution in [2.24, 2.45) is 5.92 Å². The van der Waals surface area contributed by atoms with Gasteiger partial charge in [0.15, 0.2) is 0 Å². The predicted molar refractivity (Wildman–Crippen MR) is 70.0 cm³/mol. The summed E-state index contributed by atoms with van der Waals surface area (Å²) in [5.41, 5.74) is -0.0995. The smallest absolute Gasteiger partial charge is 0.115 e. The van der Waals surface area contributed by atoms with Crippen LogP contribution in [0.25, 0.3) is 0 Å². The number of hydrogen-bond acceptors (Lipinski definition) is 3. The molecule has 0 bridgehead atoms. The quantitative estimate of drug-likeness (QED) is 0.825. The minimum Gasteiger partial charge on any atom is -0.508 e. The molecule has 0 amide bonds. The van der Waals surface area contributed by atoms with E-state index in [1.54, 1.807) is 18.2 Å². The third-order valence-corrected chi connectivity index (χ3v) is 3.34. The Bertz CT molecular complexity index is 365. The summed E-state index contributed by atoms with van der Waals surface area (Å²) < 4.78 is 0. The van der Waals surface area contributed by atoms with E-state index in [9.17, 15) is 10.2 Å². The summed E-state index contributed by atoms with van der Waals surface area (Å²) in [5, 5.41) is 20.3. The number of aliphatic hydroxyl groups is 1. The van der Waals surface area contributed by atoms with Crippen molar-refractivity contribution in [3.05, 3.63) is 29.8 Å². The van der Waals surface area contributed by atoms with Gasteiger partial charge in [0.05, 0.1) is 5.60 Å². The van der Waals surface area contributed by atoms with Crippen LogP contribution in [0.15, 0.2) is 24.3 Å². The van der Waals surface area contributed by atoms with Crippen molar-refractivity contribution in [2.75, 3.05) is 20.6 Å². The van der Waals surface area contributed by atoms with Crippen LogP contribution in [0, 0.1) is 5.92 Å². The average Bonchev–Trinajstić information content (AvgIpc) is 2.27. The van der Waals surface area contributed by atoms with Crippen molar-refractivity contribution in [1.29, 1.82) is 0 Å². The zero-order chi connectivity index (χ0) is 13.1. The first kappa shape index (κ1) is 14.0. The summed E-state index contributed by atoms with van der Waals surface area (Å²) in [6, 6.07) is 6.91. The average molecular weight is 237 g/mol. The first-order chi connectivity index (χ1) is 7.90. The lowest BCUT2D eigenvalue weighted by atomic mass is 9.80. The molecule has 2 N–H and O–H groups in total. The maximum absolute atomic E-state index is 10.8. The zero-order valence-corrected chi connectivity index (χ0v) is 11.1. The number of phenolic OH excluding ortho intramolecular Hbond substituents is 1. The standard InChI is InChI=1S/C14H23NO2/c1-5-14(17,11(2)10-15(3)4)12-7-6-8-13(16)9-12/h6-9,11,16-17H,5,10H2,1-4H3/t11?,14-/m1/s1. The highest BCUT2D eigenvalue weighted by Gasteiger charge is 2.34. The molecule has 17 heavy (non-hydrogen) atoms. The number of nitrogens with zero attached hydrogens (tertiary/aromatic N) is 1. The maximum atomic E-state index is 10.8. The molecule has 0 aliphatic rings. The molecule has 1 aromatic rings. The fourth-order valence-electron chi connectivity index (χ4n) is 2.31. The molecule has 0 saturated heterocycles. The van der Waals surface area contributed by atoms with Gasteiger partial charge in [-0.05, 0) is 38.2 Å². The van der Waals surface area contributed by atoms with E-state index in [-0.39, 0.29) is 11.7 Å². The molecule has 3 nitrogen and oxygen atoms in total. The number of rotatable bonds is 5. The van der Waals surface area contributed by atoms with E-state index in [2.05, 4.69) is 4.90 Å². The van der Waals surface area contributed by atoms with Gasteiger partial charge < -0.3 is 15.1 Å². The molecule has 0 fully saturated rings. The van der Waals surface area contributed by atoms with Crippen LogP contribution in [0.5, 0.6) is 5.75 Å². The Hall–Kier alpha value is -1.06. The highest BCUT2D eigenvalue weighted by Crippen LogP contribution is 2.34. The van der Waals surface area contributed by atoms with Gasteiger partial charge in [-0.3, -0.25) is 0 Å². The van der Waals surface area contributed by atoms with Crippen molar-refractivity contribution >= 4 is 0 Å². The molecule has 0 aliphatic heterocycles. The van der Waals surface area contributed by atoms with Gasteiger partial charge >= 0.3 is 0 Å². The van der Waals surface area contributed by atoms with Crippen LogP contribution in [-0.2, 0) is 5.60 Å². The molecule has 0 aromatic heterocycles. The van der Waals surface area contributed by atoms with Crippen molar-refractivity contribution in [1.82, 2.24) is 4.90 Å². The first-order valence-corrected chi connectivity index (χ1v) is 6.06. The minimum absolute atomic E-state index is 0.101. The highest BCUT2D eigenvalue weighted by atomic mass is 16.3. The molecular weight excluding hydrogens is 214 g/mol. The van der Waals surface area contributed by atoms with Gasteiger partial charge in [-0.1, -0.05) is 26.0 Å². The first-order valence-electron chi connectivity index (χ1n) is 6.06. The molecule has 0 heterocycles. The zero-order valence-electron chi connectivity index (χ0n) is 11.1. The van der Waals surface area contributed by atoms with E-state index in [4.69, 9.17) is 0 Å². The molecule has 0 spiro atoms. The molecule has 3 heteroatoms. The number of hydrogen-bond donors (Lipinski definition) is 2. The van der Waals surface area contributed by atoms with Crippen LogP contribution in [0.1, 0.15) is 25.8 Å². The van der Waals surface area contributed by atoms with Crippen molar-refractivity contribution in [2.45, 2.75) is 25.9 Å². The fraction of sp³-hybridized carbons (Fsp3) is 0.571. The molecule has 2 atom stereocenters. The molecule has 1 unspecified atom stereocenters. The second-order valence-corrected chi connectivity index (χ2v) is 4.99. The Labute approximate surface area is 104 Å². The van der Waals surface area contributed by atoms with E-state index >= 15 is 0 Å². The molecule has 0 saturated carbocycles. The highest BCUT2D eigenvalue weighted by molar-refractivity contribution is 5.31. The Morgan fingerprint density at radius 3 is 2.47 bits per heavy atom. The Morgan fingerprint density at radius 1 is 1.35 bits per heavy atom. The molecule has 1 aromatic carbocycles. The van der Waals surface area contributed by atoms with E-state index in [0.717, 1.165) is 12.1 Å². The van der Waals surface area contributed by atoms with Crippen LogP contribution < -0.4 is 0 Å². The SMILES string of the molecule is CC[C@](O)(c1cccc(O)c1)C(C)CN(C)C. The molecule has 1 rings (SSSR count). The summed E-state index contributed by atoms with van der Waals surface area (Å²) in [7, 11) is 3.99. The number of benzene rings is 1. The van der Waals surface area contributed by atoms with Crippen molar-refractivity contribution < 1.29 is 10.2 Å². The lowest BCUT2D eigenvalue weighted by Gasteiger charge is -2.35. The lowest BCUT2D eigenvalue weighted by molar-refractivity contribution is -0.0293. The van der Waals surface area contributed by atoms with Gasteiger partial charge in [0, 0.05) is 12.5 Å². The summed E-state index contributed by atoms with van der Waals surface area (Å²) >= 11 is 0. The van der Waals surface area contributed by atoms with Crippen LogP contribution in [0.3, 0.4) is 0 Å². The molecule has 0 radical (unpaired) electrons. The van der Waals surface area contributed by atoms with Crippen molar-refractivity contribution in [3.8, 4) is 5.75 Å². The van der Waals surface area contributed by atoms with Crippen LogP contribution in [0.2, 0.25) is 0 Å². The maximum Gasteiger partial charge on any atom is 0.115 e. The van der Waals surface area contributed by atoms with Crippen LogP contribution in [-0.4, -0.2) is 35.8 Å². The summed E-state index contributed by atoms with van der Waals surface area (Å²) in [5.74, 6) is 0.302. The second-order valence-electron chi connectivity index (χ2n) is 4.99. The Balaban J connectivity index is 3.02. The third kappa shape index (κ3) is 3.20. The largest absolute Gasteiger partial charge is 0.508 e. The minimum atomic E-state index is -0.886. The summed E-state index contributed by atoms with van der Waals surface area (Å²) in [6.45, 7) is 4.81. The van der Waals surface area contributed by atoms with E-state index < -0.39 is 5.60 Å². The molecular formula is C14H23NO2. The van der Waals surface area contributed by atoms with E-state index in [0.29, 0.717) is 6.42 Å². The Morgan fingerprint density at radius 2 is 2.00 bits per heavy atom. The van der Waals surface area contributed by atoms with Gasteiger partial charge in [0.25, 0.3) is 0 Å². The topological polar surface area (TPSA) is 43.7 Å². The van der Waals surface area contributed by atoms with Crippen LogP contribution >= 0.6 is 0 Å². The molecule has 0 aliphatic carbocycles. The monoisotopic (exact) mass is 237 g/mol. The number of phenols is 1.